The zero-order valence-electron chi connectivity index (χ0n) is 20.9. The minimum absolute atomic E-state index is 0.0394. The Kier molecular flexibility index (Phi) is 4.96. The number of benzene rings is 4. The second-order valence-corrected chi connectivity index (χ2v) is 9.73. The molecule has 0 N–H and O–H groups in total. The highest BCUT2D eigenvalue weighted by molar-refractivity contribution is 6.18. The third-order valence-electron chi connectivity index (χ3n) is 7.29. The Bertz CT molecular complexity index is 1620. The van der Waals surface area contributed by atoms with E-state index in [9.17, 15) is 0 Å². The van der Waals surface area contributed by atoms with Crippen molar-refractivity contribution in [2.45, 2.75) is 26.4 Å². The summed E-state index contributed by atoms with van der Waals surface area (Å²) in [7, 11) is 0. The number of para-hydroxylation sites is 3. The van der Waals surface area contributed by atoms with Crippen molar-refractivity contribution < 1.29 is 0 Å². The van der Waals surface area contributed by atoms with Gasteiger partial charge in [0, 0.05) is 5.56 Å². The maximum atomic E-state index is 5.36. The van der Waals surface area contributed by atoms with Crippen LogP contribution in [-0.2, 0) is 6.54 Å². The number of hydrogen-bond acceptors (Lipinski definition) is 4. The molecule has 0 saturated carbocycles. The first-order chi connectivity index (χ1) is 18.2. The van der Waals surface area contributed by atoms with Crippen LogP contribution in [0.5, 0.6) is 0 Å². The van der Waals surface area contributed by atoms with Crippen molar-refractivity contribution in [2.24, 2.45) is 4.99 Å². The van der Waals surface area contributed by atoms with Crippen LogP contribution in [0.2, 0.25) is 0 Å². The van der Waals surface area contributed by atoms with Crippen LogP contribution in [0.15, 0.2) is 114 Å². The molecule has 1 aromatic heterocycles. The van der Waals surface area contributed by atoms with E-state index in [0.717, 1.165) is 35.3 Å². The van der Waals surface area contributed by atoms with Gasteiger partial charge in [-0.1, -0.05) is 90.5 Å². The topological polar surface area (TPSA) is 36.7 Å². The molecular weight excluding hydrogens is 454 g/mol. The van der Waals surface area contributed by atoms with Gasteiger partial charge in [0.05, 0.1) is 35.3 Å². The lowest BCUT2D eigenvalue weighted by atomic mass is 9.94. The predicted octanol–water partition coefficient (Wildman–Crippen LogP) is 7.11. The molecule has 4 aromatic carbocycles. The average molecular weight is 482 g/mol. The molecular formula is C32H27N5. The van der Waals surface area contributed by atoms with Gasteiger partial charge in [0.1, 0.15) is 0 Å². The minimum Gasteiger partial charge on any atom is -0.305 e. The van der Waals surface area contributed by atoms with E-state index < -0.39 is 0 Å². The largest absolute Gasteiger partial charge is 0.305 e. The van der Waals surface area contributed by atoms with Gasteiger partial charge >= 0.3 is 0 Å². The van der Waals surface area contributed by atoms with E-state index in [1.807, 2.05) is 22.9 Å². The Morgan fingerprint density at radius 2 is 1.35 bits per heavy atom. The molecule has 5 aromatic rings. The molecule has 0 fully saturated rings. The summed E-state index contributed by atoms with van der Waals surface area (Å²) in [4.78, 5) is 10.1. The standard InChI is InChI=1S/C32H27N5/c1-22-17-19-25(20-18-22)30-29-23(2)34-37(26-13-7-4-8-14-26)31(29)33-32-35(21-24-11-5-3-6-12-24)27-15-9-10-16-28(27)36(30)32/h3-20,30H,21H2,1-2H3. The number of aromatic nitrogens is 2. The van der Waals surface area contributed by atoms with E-state index in [2.05, 4.69) is 115 Å². The smallest absolute Gasteiger partial charge is 0.213 e. The van der Waals surface area contributed by atoms with Crippen molar-refractivity contribution in [3.63, 3.8) is 0 Å². The maximum absolute atomic E-state index is 5.36. The molecule has 0 bridgehead atoms. The number of aliphatic imine (C=N–C) groups is 1. The molecule has 0 amide bonds. The second kappa shape index (κ2) is 8.49. The zero-order valence-corrected chi connectivity index (χ0v) is 20.9. The number of guanidine groups is 1. The normalized spacial score (nSPS) is 15.7. The van der Waals surface area contributed by atoms with Crippen LogP contribution in [0.1, 0.15) is 34.0 Å². The van der Waals surface area contributed by atoms with Crippen LogP contribution in [0.3, 0.4) is 0 Å². The van der Waals surface area contributed by atoms with Gasteiger partial charge in [-0.2, -0.15) is 10.1 Å². The molecule has 5 heteroatoms. The summed E-state index contributed by atoms with van der Waals surface area (Å²) in [5.74, 6) is 1.83. The SMILES string of the molecule is Cc1ccc(C2c3c(C)nn(-c4ccccc4)c3N=C3N(Cc4ccccc4)c4ccccc4N32)cc1. The first-order valence-corrected chi connectivity index (χ1v) is 12.7. The van der Waals surface area contributed by atoms with Crippen molar-refractivity contribution in [3.05, 3.63) is 137 Å². The summed E-state index contributed by atoms with van der Waals surface area (Å²) < 4.78 is 2.00. The zero-order chi connectivity index (χ0) is 24.9. The molecule has 0 aliphatic carbocycles. The van der Waals surface area contributed by atoms with Gasteiger partial charge in [-0.15, -0.1) is 0 Å². The molecule has 7 rings (SSSR count). The Labute approximate surface area is 216 Å². The summed E-state index contributed by atoms with van der Waals surface area (Å²) in [6.45, 7) is 4.97. The minimum atomic E-state index is -0.0394. The molecule has 0 saturated heterocycles. The van der Waals surface area contributed by atoms with Crippen LogP contribution in [-0.4, -0.2) is 15.7 Å². The van der Waals surface area contributed by atoms with Crippen molar-refractivity contribution >= 4 is 23.2 Å². The van der Waals surface area contributed by atoms with E-state index in [0.29, 0.717) is 0 Å². The van der Waals surface area contributed by atoms with Gasteiger partial charge in [0.25, 0.3) is 0 Å². The number of hydrogen-bond donors (Lipinski definition) is 0. The van der Waals surface area contributed by atoms with Crippen molar-refractivity contribution in [1.29, 1.82) is 0 Å². The molecule has 0 spiro atoms. The van der Waals surface area contributed by atoms with Crippen molar-refractivity contribution in [3.8, 4) is 5.69 Å². The van der Waals surface area contributed by atoms with E-state index in [1.165, 1.54) is 28.1 Å². The fraction of sp³-hybridized carbons (Fsp3) is 0.125. The van der Waals surface area contributed by atoms with E-state index in [1.54, 1.807) is 0 Å². The van der Waals surface area contributed by atoms with Gasteiger partial charge in [-0.25, -0.2) is 4.68 Å². The summed E-state index contributed by atoms with van der Waals surface area (Å²) in [6.07, 6.45) is 0. The highest BCUT2D eigenvalue weighted by Crippen LogP contribution is 2.50. The third kappa shape index (κ3) is 3.46. The number of fused-ring (bicyclic) bond motifs is 4. The molecule has 3 heterocycles. The molecule has 2 aliphatic rings. The Morgan fingerprint density at radius 1 is 0.703 bits per heavy atom. The third-order valence-corrected chi connectivity index (χ3v) is 7.29. The highest BCUT2D eigenvalue weighted by atomic mass is 15.5. The summed E-state index contributed by atoms with van der Waals surface area (Å²) in [5, 5.41) is 5.01. The van der Waals surface area contributed by atoms with Gasteiger partial charge in [-0.05, 0) is 49.2 Å². The number of nitrogens with zero attached hydrogens (tertiary/aromatic N) is 5. The average Bonchev–Trinajstić information content (AvgIpc) is 3.44. The fourth-order valence-corrected chi connectivity index (χ4v) is 5.52. The first-order valence-electron chi connectivity index (χ1n) is 12.7. The molecule has 37 heavy (non-hydrogen) atoms. The molecule has 0 radical (unpaired) electrons. The van der Waals surface area contributed by atoms with Gasteiger partial charge in [-0.3, -0.25) is 4.90 Å². The molecule has 5 nitrogen and oxygen atoms in total. The molecule has 1 unspecified atom stereocenters. The molecule has 2 aliphatic heterocycles. The highest BCUT2D eigenvalue weighted by Gasteiger charge is 2.44. The van der Waals surface area contributed by atoms with Crippen molar-refractivity contribution in [1.82, 2.24) is 9.78 Å². The summed E-state index contributed by atoms with van der Waals surface area (Å²) in [6, 6.07) is 38.4. The summed E-state index contributed by atoms with van der Waals surface area (Å²) >= 11 is 0. The molecule has 180 valence electrons. The van der Waals surface area contributed by atoms with Gasteiger partial charge in [0.2, 0.25) is 5.96 Å². The van der Waals surface area contributed by atoms with Crippen LogP contribution in [0.4, 0.5) is 17.2 Å². The number of aryl methyl sites for hydroxylation is 2. The lowest BCUT2D eigenvalue weighted by Gasteiger charge is -2.35. The van der Waals surface area contributed by atoms with Crippen molar-refractivity contribution in [2.75, 3.05) is 9.80 Å². The second-order valence-electron chi connectivity index (χ2n) is 9.73. The lowest BCUT2D eigenvalue weighted by molar-refractivity contribution is 0.810. The summed E-state index contributed by atoms with van der Waals surface area (Å²) in [5.41, 5.74) is 9.21. The van der Waals surface area contributed by atoms with E-state index in [4.69, 9.17) is 10.1 Å². The van der Waals surface area contributed by atoms with Crippen LogP contribution in [0.25, 0.3) is 5.69 Å². The monoisotopic (exact) mass is 481 g/mol. The van der Waals surface area contributed by atoms with Crippen LogP contribution < -0.4 is 9.80 Å². The number of rotatable bonds is 4. The fourth-order valence-electron chi connectivity index (χ4n) is 5.52. The lowest BCUT2D eigenvalue weighted by Crippen LogP contribution is -2.42. The quantitative estimate of drug-likeness (QED) is 0.275. The van der Waals surface area contributed by atoms with Crippen LogP contribution >= 0.6 is 0 Å². The Balaban J connectivity index is 1.48. The van der Waals surface area contributed by atoms with E-state index >= 15 is 0 Å². The van der Waals surface area contributed by atoms with Gasteiger partial charge in [0.15, 0.2) is 5.82 Å². The predicted molar refractivity (Wildman–Crippen MR) is 150 cm³/mol. The van der Waals surface area contributed by atoms with Gasteiger partial charge < -0.3 is 4.90 Å². The van der Waals surface area contributed by atoms with E-state index in [-0.39, 0.29) is 6.04 Å². The first kappa shape index (κ1) is 21.6. The number of anilines is 2. The Hall–Kier alpha value is -4.64. The Morgan fingerprint density at radius 3 is 2.08 bits per heavy atom. The van der Waals surface area contributed by atoms with Crippen LogP contribution in [0, 0.1) is 13.8 Å². The maximum Gasteiger partial charge on any atom is 0.213 e. The molecule has 1 atom stereocenters.